The van der Waals surface area contributed by atoms with Crippen LogP contribution in [-0.2, 0) is 15.8 Å². The maximum Gasteiger partial charge on any atom is 0.416 e. The summed E-state index contributed by atoms with van der Waals surface area (Å²) in [7, 11) is 0. The summed E-state index contributed by atoms with van der Waals surface area (Å²) in [6.07, 6.45) is -3.01. The lowest BCUT2D eigenvalue weighted by atomic mass is 9.96. The molecule has 2 amide bonds. The molecule has 0 bridgehead atoms. The van der Waals surface area contributed by atoms with E-state index in [0.29, 0.717) is 31.4 Å². The van der Waals surface area contributed by atoms with Crippen molar-refractivity contribution in [3.63, 3.8) is 0 Å². The van der Waals surface area contributed by atoms with E-state index in [2.05, 4.69) is 10.6 Å². The molecule has 0 spiro atoms. The molecule has 1 saturated heterocycles. The van der Waals surface area contributed by atoms with Crippen molar-refractivity contribution in [3.05, 3.63) is 35.4 Å². The fourth-order valence-corrected chi connectivity index (χ4v) is 2.53. The number of halogens is 3. The molecule has 0 unspecified atom stereocenters. The summed E-state index contributed by atoms with van der Waals surface area (Å²) in [6, 6.07) is 4.73. The van der Waals surface area contributed by atoms with Crippen LogP contribution in [0.5, 0.6) is 0 Å². The first-order valence-electron chi connectivity index (χ1n) is 7.51. The van der Waals surface area contributed by atoms with E-state index in [1.165, 1.54) is 6.07 Å². The van der Waals surface area contributed by atoms with Gasteiger partial charge in [-0.1, -0.05) is 25.1 Å². The van der Waals surface area contributed by atoms with Gasteiger partial charge in [-0.3, -0.25) is 9.59 Å². The zero-order chi connectivity index (χ0) is 17.0. The summed E-state index contributed by atoms with van der Waals surface area (Å²) >= 11 is 0. The third kappa shape index (κ3) is 4.71. The summed E-state index contributed by atoms with van der Waals surface area (Å²) < 4.78 is 38.1. The molecule has 0 saturated carbocycles. The highest BCUT2D eigenvalue weighted by molar-refractivity contribution is 5.90. The molecule has 1 aromatic rings. The van der Waals surface area contributed by atoms with Crippen LogP contribution in [0.4, 0.5) is 13.2 Å². The molecule has 1 fully saturated rings. The number of amides is 2. The van der Waals surface area contributed by atoms with Crippen molar-refractivity contribution in [2.24, 2.45) is 0 Å². The minimum Gasteiger partial charge on any atom is -0.354 e. The highest BCUT2D eigenvalue weighted by Crippen LogP contribution is 2.31. The number of hydrogen-bond donors (Lipinski definition) is 2. The normalized spacial score (nSPS) is 19.3. The van der Waals surface area contributed by atoms with E-state index in [4.69, 9.17) is 0 Å². The summed E-state index contributed by atoms with van der Waals surface area (Å²) in [5, 5.41) is 5.29. The van der Waals surface area contributed by atoms with E-state index in [-0.39, 0.29) is 17.7 Å². The fraction of sp³-hybridized carbons (Fsp3) is 0.500. The van der Waals surface area contributed by atoms with E-state index >= 15 is 0 Å². The molecule has 23 heavy (non-hydrogen) atoms. The monoisotopic (exact) mass is 328 g/mol. The van der Waals surface area contributed by atoms with Crippen LogP contribution < -0.4 is 10.6 Å². The summed E-state index contributed by atoms with van der Waals surface area (Å²) in [4.78, 5) is 22.9. The highest BCUT2D eigenvalue weighted by atomic mass is 19.4. The molecule has 0 radical (unpaired) electrons. The molecule has 0 aromatic heterocycles. The second kappa shape index (κ2) is 7.02. The summed E-state index contributed by atoms with van der Waals surface area (Å²) in [5.74, 6) is -0.495. The molecular formula is C16H19F3N2O2. The first-order valence-corrected chi connectivity index (χ1v) is 7.51. The van der Waals surface area contributed by atoms with E-state index < -0.39 is 17.8 Å². The minimum absolute atomic E-state index is 0.115. The topological polar surface area (TPSA) is 58.2 Å². The average Bonchev–Trinajstić information content (AvgIpc) is 2.93. The molecule has 1 aliphatic rings. The maximum atomic E-state index is 12.7. The molecule has 1 aliphatic heterocycles. The van der Waals surface area contributed by atoms with Crippen LogP contribution in [0.15, 0.2) is 24.3 Å². The number of benzene rings is 1. The lowest BCUT2D eigenvalue weighted by molar-refractivity contribution is -0.137. The second-order valence-corrected chi connectivity index (χ2v) is 5.76. The standard InChI is InChI=1S/C16H19F3N2O2/c1-10(11-3-2-4-12(9-11)16(17,18)19)7-8-20-15(23)13-5-6-14(22)21-13/h2-4,9-10,13H,5-8H2,1H3,(H,20,23)(H,21,22)/t10-,13-/m0/s1. The van der Waals surface area contributed by atoms with Crippen LogP contribution in [0.25, 0.3) is 0 Å². The van der Waals surface area contributed by atoms with Gasteiger partial charge in [-0.15, -0.1) is 0 Å². The molecule has 1 aromatic carbocycles. The number of rotatable bonds is 5. The van der Waals surface area contributed by atoms with Gasteiger partial charge < -0.3 is 10.6 Å². The number of carbonyl (C=O) groups excluding carboxylic acids is 2. The Balaban J connectivity index is 1.84. The Morgan fingerprint density at radius 3 is 2.78 bits per heavy atom. The summed E-state index contributed by atoms with van der Waals surface area (Å²) in [5.41, 5.74) is -0.0807. The first kappa shape index (κ1) is 17.3. The Morgan fingerprint density at radius 2 is 2.17 bits per heavy atom. The number of nitrogens with one attached hydrogen (secondary N) is 2. The van der Waals surface area contributed by atoms with Gasteiger partial charge in [0, 0.05) is 13.0 Å². The lowest BCUT2D eigenvalue weighted by Crippen LogP contribution is -2.42. The van der Waals surface area contributed by atoms with E-state index in [1.807, 2.05) is 6.92 Å². The van der Waals surface area contributed by atoms with Gasteiger partial charge in [0.25, 0.3) is 0 Å². The molecule has 126 valence electrons. The van der Waals surface area contributed by atoms with E-state index in [0.717, 1.165) is 12.1 Å². The largest absolute Gasteiger partial charge is 0.416 e. The minimum atomic E-state index is -4.36. The third-order valence-electron chi connectivity index (χ3n) is 3.97. The van der Waals surface area contributed by atoms with Crippen molar-refractivity contribution >= 4 is 11.8 Å². The number of alkyl halides is 3. The van der Waals surface area contributed by atoms with Crippen molar-refractivity contribution in [1.82, 2.24) is 10.6 Å². The summed E-state index contributed by atoms with van der Waals surface area (Å²) in [6.45, 7) is 2.17. The molecule has 7 heteroatoms. The van der Waals surface area contributed by atoms with Crippen molar-refractivity contribution in [1.29, 1.82) is 0 Å². The van der Waals surface area contributed by atoms with Gasteiger partial charge in [0.2, 0.25) is 11.8 Å². The zero-order valence-electron chi connectivity index (χ0n) is 12.7. The lowest BCUT2D eigenvalue weighted by Gasteiger charge is -2.16. The van der Waals surface area contributed by atoms with Crippen LogP contribution in [0.3, 0.4) is 0 Å². The average molecular weight is 328 g/mol. The van der Waals surface area contributed by atoms with Gasteiger partial charge in [-0.25, -0.2) is 0 Å². The quantitative estimate of drug-likeness (QED) is 0.873. The molecule has 0 aliphatic carbocycles. The van der Waals surface area contributed by atoms with Crippen LogP contribution in [-0.4, -0.2) is 24.4 Å². The Bertz CT molecular complexity index is 587. The van der Waals surface area contributed by atoms with Crippen LogP contribution in [0.1, 0.15) is 43.2 Å². The highest BCUT2D eigenvalue weighted by Gasteiger charge is 2.30. The number of carbonyl (C=O) groups is 2. The third-order valence-corrected chi connectivity index (χ3v) is 3.97. The van der Waals surface area contributed by atoms with Crippen molar-refractivity contribution in [2.45, 2.75) is 44.3 Å². The van der Waals surface area contributed by atoms with Gasteiger partial charge in [0.1, 0.15) is 6.04 Å². The van der Waals surface area contributed by atoms with Crippen molar-refractivity contribution in [2.75, 3.05) is 6.54 Å². The predicted octanol–water partition coefficient (Wildman–Crippen LogP) is 2.59. The fourth-order valence-electron chi connectivity index (χ4n) is 2.53. The second-order valence-electron chi connectivity index (χ2n) is 5.76. The Labute approximate surface area is 132 Å². The molecule has 2 atom stereocenters. The van der Waals surface area contributed by atoms with Crippen LogP contribution in [0, 0.1) is 0 Å². The van der Waals surface area contributed by atoms with Crippen molar-refractivity contribution in [3.8, 4) is 0 Å². The van der Waals surface area contributed by atoms with Gasteiger partial charge in [-0.05, 0) is 30.4 Å². The smallest absolute Gasteiger partial charge is 0.354 e. The van der Waals surface area contributed by atoms with Crippen molar-refractivity contribution < 1.29 is 22.8 Å². The van der Waals surface area contributed by atoms with Gasteiger partial charge in [0.05, 0.1) is 5.56 Å². The predicted molar refractivity (Wildman–Crippen MR) is 78.7 cm³/mol. The molecular weight excluding hydrogens is 309 g/mol. The number of hydrogen-bond acceptors (Lipinski definition) is 2. The Kier molecular flexibility index (Phi) is 5.28. The van der Waals surface area contributed by atoms with E-state index in [9.17, 15) is 22.8 Å². The van der Waals surface area contributed by atoms with E-state index in [1.54, 1.807) is 6.07 Å². The molecule has 2 N–H and O–H groups in total. The Hall–Kier alpha value is -2.05. The molecule has 4 nitrogen and oxygen atoms in total. The van der Waals surface area contributed by atoms with Crippen LogP contribution in [0.2, 0.25) is 0 Å². The molecule has 2 rings (SSSR count). The Morgan fingerprint density at radius 1 is 1.43 bits per heavy atom. The SMILES string of the molecule is C[C@@H](CCNC(=O)[C@@H]1CCC(=O)N1)c1cccc(C(F)(F)F)c1. The van der Waals surface area contributed by atoms with Gasteiger partial charge >= 0.3 is 6.18 Å². The zero-order valence-corrected chi connectivity index (χ0v) is 12.7. The van der Waals surface area contributed by atoms with Gasteiger partial charge in [0.15, 0.2) is 0 Å². The maximum absolute atomic E-state index is 12.7. The van der Waals surface area contributed by atoms with Crippen LogP contribution >= 0.6 is 0 Å². The molecule has 1 heterocycles. The van der Waals surface area contributed by atoms with Gasteiger partial charge in [-0.2, -0.15) is 13.2 Å². The first-order chi connectivity index (χ1) is 10.8.